The first kappa shape index (κ1) is 16.9. The van der Waals surface area contributed by atoms with E-state index in [2.05, 4.69) is 16.1 Å². The van der Waals surface area contributed by atoms with Crippen LogP contribution < -0.4 is 0 Å². The predicted molar refractivity (Wildman–Crippen MR) is 54.5 cm³/mol. The SMILES string of the molecule is C=C(COCC(F)(F)S(=O)(=O)O)C(=O)OCCO. The van der Waals surface area contributed by atoms with E-state index in [0.29, 0.717) is 0 Å². The smallest absolute Gasteiger partial charge is 0.392 e. The van der Waals surface area contributed by atoms with Gasteiger partial charge in [-0.25, -0.2) is 4.79 Å². The lowest BCUT2D eigenvalue weighted by atomic mass is 10.3. The number of aliphatic hydroxyl groups excluding tert-OH is 1. The molecule has 0 unspecified atom stereocenters. The van der Waals surface area contributed by atoms with Crippen LogP contribution >= 0.6 is 0 Å². The molecule has 0 aliphatic carbocycles. The van der Waals surface area contributed by atoms with Crippen LogP contribution in [0, 0.1) is 0 Å². The average Bonchev–Trinajstić information content (AvgIpc) is 2.23. The molecule has 0 heterocycles. The molecule has 2 N–H and O–H groups in total. The second-order valence-corrected chi connectivity index (χ2v) is 4.62. The predicted octanol–water partition coefficient (Wildman–Crippen LogP) is -0.425. The van der Waals surface area contributed by atoms with Gasteiger partial charge >= 0.3 is 21.3 Å². The fourth-order valence-electron chi connectivity index (χ4n) is 0.667. The molecule has 0 atom stereocenters. The van der Waals surface area contributed by atoms with E-state index >= 15 is 0 Å². The van der Waals surface area contributed by atoms with Crippen LogP contribution in [-0.2, 0) is 24.4 Å². The van der Waals surface area contributed by atoms with Crippen molar-refractivity contribution in [1.82, 2.24) is 0 Å². The Morgan fingerprint density at radius 1 is 1.39 bits per heavy atom. The van der Waals surface area contributed by atoms with Gasteiger partial charge in [0, 0.05) is 0 Å². The summed E-state index contributed by atoms with van der Waals surface area (Å²) in [5, 5.41) is 3.87. The summed E-state index contributed by atoms with van der Waals surface area (Å²) in [5.41, 5.74) is -0.338. The van der Waals surface area contributed by atoms with E-state index in [1.54, 1.807) is 0 Å². The zero-order chi connectivity index (χ0) is 14.4. The highest BCUT2D eigenvalue weighted by Gasteiger charge is 2.44. The number of carbonyl (C=O) groups excluding carboxylic acids is 1. The largest absolute Gasteiger partial charge is 0.460 e. The minimum atomic E-state index is -5.57. The molecular weight excluding hydrogens is 278 g/mol. The molecule has 0 rings (SSSR count). The molecule has 0 aliphatic heterocycles. The van der Waals surface area contributed by atoms with Gasteiger partial charge < -0.3 is 14.6 Å². The normalized spacial score (nSPS) is 12.2. The molecule has 0 spiro atoms. The number of rotatable bonds is 8. The summed E-state index contributed by atoms with van der Waals surface area (Å²) in [5.74, 6) is -0.973. The Morgan fingerprint density at radius 2 is 1.94 bits per heavy atom. The van der Waals surface area contributed by atoms with Crippen LogP contribution in [0.4, 0.5) is 8.78 Å². The summed E-state index contributed by atoms with van der Waals surface area (Å²) < 4.78 is 62.4. The first-order chi connectivity index (χ1) is 8.12. The number of ether oxygens (including phenoxy) is 2. The quantitative estimate of drug-likeness (QED) is 0.355. The molecule has 0 saturated carbocycles. The molecule has 106 valence electrons. The number of esters is 1. The van der Waals surface area contributed by atoms with Gasteiger partial charge in [0.1, 0.15) is 13.2 Å². The fourth-order valence-corrected chi connectivity index (χ4v) is 0.899. The lowest BCUT2D eigenvalue weighted by Crippen LogP contribution is -2.34. The van der Waals surface area contributed by atoms with Crippen LogP contribution in [0.2, 0.25) is 0 Å². The van der Waals surface area contributed by atoms with E-state index in [0.717, 1.165) is 0 Å². The van der Waals surface area contributed by atoms with E-state index in [4.69, 9.17) is 9.66 Å². The van der Waals surface area contributed by atoms with Crippen molar-refractivity contribution in [3.05, 3.63) is 12.2 Å². The van der Waals surface area contributed by atoms with Gasteiger partial charge in [-0.2, -0.15) is 17.2 Å². The summed E-state index contributed by atoms with van der Waals surface area (Å²) >= 11 is 0. The Kier molecular flexibility index (Phi) is 6.32. The Balaban J connectivity index is 4.13. The highest BCUT2D eigenvalue weighted by Crippen LogP contribution is 2.20. The Bertz CT molecular complexity index is 404. The summed E-state index contributed by atoms with van der Waals surface area (Å²) in [7, 11) is -5.57. The monoisotopic (exact) mass is 290 g/mol. The highest BCUT2D eigenvalue weighted by atomic mass is 32.2. The topological polar surface area (TPSA) is 110 Å². The van der Waals surface area contributed by atoms with Gasteiger partial charge in [0.25, 0.3) is 0 Å². The van der Waals surface area contributed by atoms with Crippen molar-refractivity contribution in [1.29, 1.82) is 0 Å². The number of hydrogen-bond donors (Lipinski definition) is 2. The van der Waals surface area contributed by atoms with Crippen molar-refractivity contribution in [2.45, 2.75) is 5.25 Å². The first-order valence-corrected chi connectivity index (χ1v) is 5.94. The van der Waals surface area contributed by atoms with E-state index < -0.39 is 41.2 Å². The Labute approximate surface area is 102 Å². The lowest BCUT2D eigenvalue weighted by Gasteiger charge is -2.13. The fraction of sp³-hybridized carbons (Fsp3) is 0.625. The minimum Gasteiger partial charge on any atom is -0.460 e. The van der Waals surface area contributed by atoms with Crippen LogP contribution in [0.15, 0.2) is 12.2 Å². The van der Waals surface area contributed by atoms with E-state index in [9.17, 15) is 22.0 Å². The summed E-state index contributed by atoms with van der Waals surface area (Å²) in [6.07, 6.45) is 0. The lowest BCUT2D eigenvalue weighted by molar-refractivity contribution is -0.140. The van der Waals surface area contributed by atoms with Crippen LogP contribution in [0.1, 0.15) is 0 Å². The third kappa shape index (κ3) is 5.49. The number of aliphatic hydroxyl groups is 1. The molecule has 0 bridgehead atoms. The molecule has 0 aliphatic rings. The van der Waals surface area contributed by atoms with Crippen molar-refractivity contribution < 1.29 is 41.1 Å². The number of hydrogen-bond acceptors (Lipinski definition) is 6. The minimum absolute atomic E-state index is 0.293. The molecule has 7 nitrogen and oxygen atoms in total. The first-order valence-electron chi connectivity index (χ1n) is 4.50. The molecule has 18 heavy (non-hydrogen) atoms. The summed E-state index contributed by atoms with van der Waals surface area (Å²) in [4.78, 5) is 11.0. The second-order valence-electron chi connectivity index (χ2n) is 3.07. The molecule has 0 aromatic carbocycles. The molecule has 0 aromatic rings. The van der Waals surface area contributed by atoms with Gasteiger partial charge in [0.15, 0.2) is 0 Å². The number of alkyl halides is 2. The van der Waals surface area contributed by atoms with Gasteiger partial charge in [-0.3, -0.25) is 4.55 Å². The number of carbonyl (C=O) groups is 1. The Hall–Kier alpha value is -1.10. The zero-order valence-electron chi connectivity index (χ0n) is 9.14. The van der Waals surface area contributed by atoms with Crippen molar-refractivity contribution in [2.24, 2.45) is 0 Å². The van der Waals surface area contributed by atoms with Gasteiger partial charge in [-0.15, -0.1) is 0 Å². The highest BCUT2D eigenvalue weighted by molar-refractivity contribution is 7.86. The number of halogens is 2. The van der Waals surface area contributed by atoms with Crippen molar-refractivity contribution in [3.8, 4) is 0 Å². The standard InChI is InChI=1S/C8H12F2O7S/c1-6(7(12)17-3-2-11)4-16-5-8(9,10)18(13,14)15/h11H,1-5H2,(H,13,14,15). The Morgan fingerprint density at radius 3 is 2.39 bits per heavy atom. The van der Waals surface area contributed by atoms with Crippen molar-refractivity contribution in [3.63, 3.8) is 0 Å². The zero-order valence-corrected chi connectivity index (χ0v) is 9.95. The maximum Gasteiger partial charge on any atom is 0.392 e. The maximum absolute atomic E-state index is 12.6. The second kappa shape index (κ2) is 6.73. The molecule has 0 saturated heterocycles. The van der Waals surface area contributed by atoms with Gasteiger partial charge in [-0.05, 0) is 0 Å². The average molecular weight is 290 g/mol. The van der Waals surface area contributed by atoms with Crippen molar-refractivity contribution in [2.75, 3.05) is 26.4 Å². The van der Waals surface area contributed by atoms with Crippen LogP contribution in [0.3, 0.4) is 0 Å². The van der Waals surface area contributed by atoms with Crippen LogP contribution in [0.25, 0.3) is 0 Å². The van der Waals surface area contributed by atoms with E-state index in [1.807, 2.05) is 0 Å². The van der Waals surface area contributed by atoms with E-state index in [1.165, 1.54) is 0 Å². The van der Waals surface area contributed by atoms with E-state index in [-0.39, 0.29) is 12.2 Å². The summed E-state index contributed by atoms with van der Waals surface area (Å²) in [6, 6.07) is 0. The van der Waals surface area contributed by atoms with Gasteiger partial charge in [0.2, 0.25) is 0 Å². The van der Waals surface area contributed by atoms with Crippen LogP contribution in [-0.4, -0.2) is 55.7 Å². The van der Waals surface area contributed by atoms with Gasteiger partial charge in [0.05, 0.1) is 18.8 Å². The molecule has 0 fully saturated rings. The van der Waals surface area contributed by atoms with Crippen LogP contribution in [0.5, 0.6) is 0 Å². The third-order valence-corrected chi connectivity index (χ3v) is 2.41. The molecule has 0 amide bonds. The van der Waals surface area contributed by atoms with Gasteiger partial charge in [-0.1, -0.05) is 6.58 Å². The molecule has 0 aromatic heterocycles. The molecular formula is C8H12F2O7S. The molecule has 10 heteroatoms. The third-order valence-electron chi connectivity index (χ3n) is 1.54. The maximum atomic E-state index is 12.6. The summed E-state index contributed by atoms with van der Waals surface area (Å²) in [6.45, 7) is 0.117. The van der Waals surface area contributed by atoms with Crippen molar-refractivity contribution >= 4 is 16.1 Å². The molecule has 0 radical (unpaired) electrons.